The van der Waals surface area contributed by atoms with E-state index in [1.807, 2.05) is 23.1 Å². The average molecular weight is 372 g/mol. The molecule has 0 radical (unpaired) electrons. The lowest BCUT2D eigenvalue weighted by Gasteiger charge is -2.28. The number of aromatic nitrogens is 5. The fraction of sp³-hybridized carbons (Fsp3) is 0.412. The molecular formula is C17H20N6O2S. The van der Waals surface area contributed by atoms with Crippen molar-refractivity contribution in [2.45, 2.75) is 11.5 Å². The number of pyridine rings is 1. The quantitative estimate of drug-likeness (QED) is 0.629. The Hall–Kier alpha value is -2.23. The lowest BCUT2D eigenvalue weighted by molar-refractivity contribution is 0.122. The number of methoxy groups -OCH3 is 1. The Kier molecular flexibility index (Phi) is 5.00. The highest BCUT2D eigenvalue weighted by molar-refractivity contribution is 7.98. The van der Waals surface area contributed by atoms with Crippen molar-refractivity contribution in [2.24, 2.45) is 0 Å². The van der Waals surface area contributed by atoms with E-state index in [0.717, 1.165) is 40.5 Å². The van der Waals surface area contributed by atoms with Crippen LogP contribution < -0.4 is 4.90 Å². The van der Waals surface area contributed by atoms with Crippen LogP contribution in [0.5, 0.6) is 0 Å². The summed E-state index contributed by atoms with van der Waals surface area (Å²) in [6, 6.07) is 2.03. The average Bonchev–Trinajstić information content (AvgIpc) is 3.22. The van der Waals surface area contributed by atoms with E-state index in [1.165, 1.54) is 0 Å². The maximum Gasteiger partial charge on any atom is 0.237 e. The molecule has 3 aromatic heterocycles. The van der Waals surface area contributed by atoms with Crippen molar-refractivity contribution in [3.8, 4) is 5.95 Å². The maximum atomic E-state index is 5.50. The summed E-state index contributed by atoms with van der Waals surface area (Å²) in [5, 5.41) is 0. The van der Waals surface area contributed by atoms with E-state index in [0.29, 0.717) is 25.8 Å². The normalized spacial score (nSPS) is 14.9. The van der Waals surface area contributed by atoms with E-state index < -0.39 is 0 Å². The molecule has 0 atom stereocenters. The van der Waals surface area contributed by atoms with Gasteiger partial charge in [0, 0.05) is 37.5 Å². The second-order valence-electron chi connectivity index (χ2n) is 5.86. The highest BCUT2D eigenvalue weighted by Crippen LogP contribution is 2.31. The highest BCUT2D eigenvalue weighted by Gasteiger charge is 2.21. The molecule has 1 fully saturated rings. The lowest BCUT2D eigenvalue weighted by Crippen LogP contribution is -2.37. The molecule has 0 spiro atoms. The first kappa shape index (κ1) is 17.2. The first-order chi connectivity index (χ1) is 12.8. The molecule has 1 aliphatic heterocycles. The third-order valence-electron chi connectivity index (χ3n) is 4.20. The number of hydrogen-bond acceptors (Lipinski definition) is 8. The second kappa shape index (κ2) is 7.56. The summed E-state index contributed by atoms with van der Waals surface area (Å²) in [6.45, 7) is 3.37. The molecule has 0 unspecified atom stereocenters. The summed E-state index contributed by atoms with van der Waals surface area (Å²) in [7, 11) is 1.67. The number of ether oxygens (including phenoxy) is 2. The molecule has 1 saturated heterocycles. The minimum atomic E-state index is 0.454. The largest absolute Gasteiger partial charge is 0.378 e. The van der Waals surface area contributed by atoms with Gasteiger partial charge in [0.25, 0.3) is 0 Å². The highest BCUT2D eigenvalue weighted by atomic mass is 32.2. The minimum Gasteiger partial charge on any atom is -0.378 e. The Morgan fingerprint density at radius 1 is 1.19 bits per heavy atom. The number of imidazole rings is 1. The fourth-order valence-corrected chi connectivity index (χ4v) is 3.56. The molecule has 8 nitrogen and oxygen atoms in total. The molecule has 26 heavy (non-hydrogen) atoms. The van der Waals surface area contributed by atoms with E-state index >= 15 is 0 Å². The van der Waals surface area contributed by atoms with E-state index in [9.17, 15) is 0 Å². The van der Waals surface area contributed by atoms with Crippen molar-refractivity contribution < 1.29 is 9.47 Å². The monoisotopic (exact) mass is 372 g/mol. The van der Waals surface area contributed by atoms with E-state index in [2.05, 4.69) is 9.88 Å². The number of hydrogen-bond donors (Lipinski definition) is 0. The van der Waals surface area contributed by atoms with Crippen LogP contribution in [-0.2, 0) is 16.1 Å². The van der Waals surface area contributed by atoms with Gasteiger partial charge in [-0.3, -0.25) is 4.57 Å². The van der Waals surface area contributed by atoms with Crippen molar-refractivity contribution in [2.75, 3.05) is 44.6 Å². The van der Waals surface area contributed by atoms with Gasteiger partial charge in [-0.15, -0.1) is 11.8 Å². The van der Waals surface area contributed by atoms with Crippen LogP contribution in [0.3, 0.4) is 0 Å². The van der Waals surface area contributed by atoms with Crippen molar-refractivity contribution in [3.63, 3.8) is 0 Å². The smallest absolute Gasteiger partial charge is 0.237 e. The van der Waals surface area contributed by atoms with Crippen molar-refractivity contribution in [3.05, 3.63) is 30.5 Å². The predicted octanol–water partition coefficient (Wildman–Crippen LogP) is 1.92. The Labute approximate surface area is 155 Å². The summed E-state index contributed by atoms with van der Waals surface area (Å²) in [5.74, 6) is 1.42. The van der Waals surface area contributed by atoms with Gasteiger partial charge in [-0.2, -0.15) is 4.98 Å². The molecule has 0 saturated carbocycles. The Balaban J connectivity index is 1.95. The maximum absolute atomic E-state index is 5.50. The van der Waals surface area contributed by atoms with Gasteiger partial charge in [-0.1, -0.05) is 0 Å². The fourth-order valence-electron chi connectivity index (χ4n) is 2.97. The first-order valence-electron chi connectivity index (χ1n) is 8.35. The van der Waals surface area contributed by atoms with Gasteiger partial charge in [0.2, 0.25) is 5.95 Å². The number of fused-ring (bicyclic) bond motifs is 1. The summed E-state index contributed by atoms with van der Waals surface area (Å²) < 4.78 is 12.6. The van der Waals surface area contributed by atoms with Crippen LogP contribution in [0.25, 0.3) is 17.0 Å². The van der Waals surface area contributed by atoms with Crippen molar-refractivity contribution in [1.29, 1.82) is 0 Å². The van der Waals surface area contributed by atoms with Gasteiger partial charge in [0.05, 0.1) is 25.5 Å². The molecule has 0 aliphatic carbocycles. The van der Waals surface area contributed by atoms with Crippen LogP contribution in [0.1, 0.15) is 5.69 Å². The molecule has 0 N–H and O–H groups in total. The van der Waals surface area contributed by atoms with Gasteiger partial charge < -0.3 is 14.4 Å². The summed E-state index contributed by atoms with van der Waals surface area (Å²) in [6.07, 6.45) is 7.31. The van der Waals surface area contributed by atoms with Crippen LogP contribution in [0, 0.1) is 0 Å². The van der Waals surface area contributed by atoms with Crippen molar-refractivity contribution >= 4 is 28.6 Å². The van der Waals surface area contributed by atoms with Crippen LogP contribution in [0.2, 0.25) is 0 Å². The predicted molar refractivity (Wildman–Crippen MR) is 100.0 cm³/mol. The zero-order valence-electron chi connectivity index (χ0n) is 14.8. The molecule has 4 heterocycles. The molecule has 0 aromatic carbocycles. The standard InChI is InChI=1S/C17H20N6O2S/c1-24-10-12-9-13(26-2)14-15(19-12)16(22-5-7-25-8-6-22)21-17(20-14)23-4-3-18-11-23/h3-4,9,11H,5-8,10H2,1-2H3. The summed E-state index contributed by atoms with van der Waals surface area (Å²) in [4.78, 5) is 21.8. The summed E-state index contributed by atoms with van der Waals surface area (Å²) >= 11 is 1.65. The van der Waals surface area contributed by atoms with Crippen LogP contribution in [0.15, 0.2) is 29.7 Å². The van der Waals surface area contributed by atoms with Crippen LogP contribution in [-0.4, -0.2) is 64.2 Å². The van der Waals surface area contributed by atoms with Gasteiger partial charge in [0.15, 0.2) is 5.82 Å². The Bertz CT molecular complexity index is 896. The van der Waals surface area contributed by atoms with E-state index in [1.54, 1.807) is 31.4 Å². The van der Waals surface area contributed by atoms with Gasteiger partial charge in [0.1, 0.15) is 17.4 Å². The van der Waals surface area contributed by atoms with Crippen LogP contribution >= 0.6 is 11.8 Å². The Morgan fingerprint density at radius 2 is 2.04 bits per heavy atom. The first-order valence-corrected chi connectivity index (χ1v) is 9.58. The molecule has 9 heteroatoms. The molecule has 4 rings (SSSR count). The van der Waals surface area contributed by atoms with E-state index in [4.69, 9.17) is 24.4 Å². The van der Waals surface area contributed by atoms with Crippen LogP contribution in [0.4, 0.5) is 5.82 Å². The molecular weight excluding hydrogens is 352 g/mol. The molecule has 0 amide bonds. The molecule has 1 aliphatic rings. The van der Waals surface area contributed by atoms with E-state index in [-0.39, 0.29) is 0 Å². The summed E-state index contributed by atoms with van der Waals surface area (Å²) in [5.41, 5.74) is 2.52. The zero-order valence-corrected chi connectivity index (χ0v) is 15.6. The third kappa shape index (κ3) is 3.25. The Morgan fingerprint density at radius 3 is 2.73 bits per heavy atom. The number of nitrogens with zero attached hydrogens (tertiary/aromatic N) is 6. The zero-order chi connectivity index (χ0) is 17.9. The van der Waals surface area contributed by atoms with Gasteiger partial charge >= 0.3 is 0 Å². The number of thioether (sulfide) groups is 1. The minimum absolute atomic E-state index is 0.454. The lowest BCUT2D eigenvalue weighted by atomic mass is 10.2. The number of morpholine rings is 1. The number of anilines is 1. The van der Waals surface area contributed by atoms with Crippen molar-refractivity contribution in [1.82, 2.24) is 24.5 Å². The molecule has 136 valence electrons. The van der Waals surface area contributed by atoms with Gasteiger partial charge in [-0.05, 0) is 12.3 Å². The topological polar surface area (TPSA) is 78.2 Å². The number of rotatable bonds is 5. The SMILES string of the molecule is COCc1cc(SC)c2nc(-n3ccnc3)nc(N3CCOCC3)c2n1. The molecule has 3 aromatic rings. The molecule has 0 bridgehead atoms. The second-order valence-corrected chi connectivity index (χ2v) is 6.71. The third-order valence-corrected chi connectivity index (χ3v) is 4.95. The van der Waals surface area contributed by atoms with Gasteiger partial charge in [-0.25, -0.2) is 15.0 Å².